The predicted molar refractivity (Wildman–Crippen MR) is 76.0 cm³/mol. The van der Waals surface area contributed by atoms with Gasteiger partial charge in [-0.15, -0.1) is 0 Å². The van der Waals surface area contributed by atoms with Crippen molar-refractivity contribution in [2.24, 2.45) is 11.8 Å². The summed E-state index contributed by atoms with van der Waals surface area (Å²) in [6.07, 6.45) is 0.576. The highest BCUT2D eigenvalue weighted by atomic mass is 35.5. The first kappa shape index (κ1) is 15.1. The van der Waals surface area contributed by atoms with E-state index >= 15 is 0 Å². The molecular weight excluding hydrogens is 303 g/mol. The lowest BCUT2D eigenvalue weighted by atomic mass is 9.92. The summed E-state index contributed by atoms with van der Waals surface area (Å²) >= 11 is 12.2. The highest BCUT2D eigenvalue weighted by Gasteiger charge is 2.36. The Morgan fingerprint density at radius 1 is 1.45 bits per heavy atom. The minimum absolute atomic E-state index is 0.00770. The summed E-state index contributed by atoms with van der Waals surface area (Å²) < 4.78 is 5.11. The highest BCUT2D eigenvalue weighted by Crippen LogP contribution is 2.43. The number of hydrogen-bond donors (Lipinski definition) is 1. The number of carboxylic acid groups (broad SMARTS) is 1. The van der Waals surface area contributed by atoms with Crippen LogP contribution < -0.4 is 4.74 Å². The summed E-state index contributed by atoms with van der Waals surface area (Å²) in [6.45, 7) is 3.45. The number of ketones is 1. The number of carbonyl (C=O) groups is 2. The zero-order chi connectivity index (χ0) is 15.0. The SMILES string of the molecule is CC(C)C1Cc2cc(OCC(=O)O)c(Cl)c(Cl)c2C1=O. The summed E-state index contributed by atoms with van der Waals surface area (Å²) in [5, 5.41) is 8.87. The third-order valence-electron chi connectivity index (χ3n) is 3.43. The van der Waals surface area contributed by atoms with E-state index in [0.29, 0.717) is 12.0 Å². The molecule has 1 aliphatic carbocycles. The zero-order valence-electron chi connectivity index (χ0n) is 11.1. The summed E-state index contributed by atoms with van der Waals surface area (Å²) in [6, 6.07) is 1.62. The Bertz CT molecular complexity index is 581. The van der Waals surface area contributed by atoms with Crippen LogP contribution in [0.2, 0.25) is 10.0 Å². The van der Waals surface area contributed by atoms with Gasteiger partial charge >= 0.3 is 5.97 Å². The molecule has 6 heteroatoms. The molecule has 0 aliphatic heterocycles. The maximum absolute atomic E-state index is 12.3. The molecule has 0 aromatic heterocycles. The van der Waals surface area contributed by atoms with Crippen molar-refractivity contribution < 1.29 is 19.4 Å². The van der Waals surface area contributed by atoms with E-state index in [-0.39, 0.29) is 33.4 Å². The maximum atomic E-state index is 12.3. The van der Waals surface area contributed by atoms with Crippen LogP contribution >= 0.6 is 23.2 Å². The quantitative estimate of drug-likeness (QED) is 0.923. The van der Waals surface area contributed by atoms with Crippen molar-refractivity contribution in [1.29, 1.82) is 0 Å². The highest BCUT2D eigenvalue weighted by molar-refractivity contribution is 6.45. The standard InChI is InChI=1S/C14H14Cl2O4/c1-6(2)8-3-7-4-9(20-5-10(17)18)12(15)13(16)11(7)14(8)19/h4,6,8H,3,5H2,1-2H3,(H,17,18). The van der Waals surface area contributed by atoms with Gasteiger partial charge in [0.1, 0.15) is 10.8 Å². The molecule has 0 bridgehead atoms. The normalized spacial score (nSPS) is 17.4. The molecule has 2 rings (SSSR count). The Labute approximate surface area is 126 Å². The van der Waals surface area contributed by atoms with Gasteiger partial charge < -0.3 is 9.84 Å². The molecule has 0 fully saturated rings. The average molecular weight is 317 g/mol. The monoisotopic (exact) mass is 316 g/mol. The molecule has 0 amide bonds. The number of benzene rings is 1. The van der Waals surface area contributed by atoms with Crippen LogP contribution in [0.15, 0.2) is 6.07 Å². The fraction of sp³-hybridized carbons (Fsp3) is 0.429. The van der Waals surface area contributed by atoms with Crippen molar-refractivity contribution >= 4 is 35.0 Å². The van der Waals surface area contributed by atoms with Crippen molar-refractivity contribution in [2.45, 2.75) is 20.3 Å². The van der Waals surface area contributed by atoms with Crippen LogP contribution in [0.3, 0.4) is 0 Å². The van der Waals surface area contributed by atoms with E-state index in [1.807, 2.05) is 13.8 Å². The lowest BCUT2D eigenvalue weighted by Gasteiger charge is -2.11. The number of carboxylic acids is 1. The summed E-state index contributed by atoms with van der Waals surface area (Å²) in [7, 11) is 0. The van der Waals surface area contributed by atoms with Gasteiger partial charge in [-0.25, -0.2) is 4.79 Å². The first-order valence-electron chi connectivity index (χ1n) is 6.22. The van der Waals surface area contributed by atoms with Crippen molar-refractivity contribution in [3.8, 4) is 5.75 Å². The molecule has 0 saturated heterocycles. The van der Waals surface area contributed by atoms with Crippen LogP contribution in [0, 0.1) is 11.8 Å². The molecule has 4 nitrogen and oxygen atoms in total. The van der Waals surface area contributed by atoms with Crippen LogP contribution in [0.5, 0.6) is 5.75 Å². The van der Waals surface area contributed by atoms with E-state index < -0.39 is 12.6 Å². The van der Waals surface area contributed by atoms with Crippen LogP contribution in [0.4, 0.5) is 0 Å². The molecule has 0 heterocycles. The number of halogens is 2. The van der Waals surface area contributed by atoms with Crippen molar-refractivity contribution in [1.82, 2.24) is 0 Å². The molecule has 1 unspecified atom stereocenters. The van der Waals surface area contributed by atoms with Crippen LogP contribution in [-0.4, -0.2) is 23.5 Å². The fourth-order valence-corrected chi connectivity index (χ4v) is 2.89. The van der Waals surface area contributed by atoms with Crippen LogP contribution in [0.1, 0.15) is 29.8 Å². The van der Waals surface area contributed by atoms with Crippen molar-refractivity contribution in [2.75, 3.05) is 6.61 Å². The largest absolute Gasteiger partial charge is 0.480 e. The molecule has 0 spiro atoms. The Balaban J connectivity index is 2.40. The number of fused-ring (bicyclic) bond motifs is 1. The molecule has 0 radical (unpaired) electrons. The van der Waals surface area contributed by atoms with Gasteiger partial charge in [-0.05, 0) is 24.0 Å². The Morgan fingerprint density at radius 2 is 2.10 bits per heavy atom. The van der Waals surface area contributed by atoms with E-state index in [1.54, 1.807) is 6.07 Å². The van der Waals surface area contributed by atoms with E-state index in [4.69, 9.17) is 33.0 Å². The summed E-state index contributed by atoms with van der Waals surface area (Å²) in [5.74, 6) is -0.822. The molecule has 0 saturated carbocycles. The smallest absolute Gasteiger partial charge is 0.341 e. The lowest BCUT2D eigenvalue weighted by Crippen LogP contribution is -2.15. The van der Waals surface area contributed by atoms with E-state index in [1.165, 1.54) is 0 Å². The first-order chi connectivity index (χ1) is 9.32. The van der Waals surface area contributed by atoms with Crippen molar-refractivity contribution in [3.05, 3.63) is 27.2 Å². The molecule has 1 aliphatic rings. The Hall–Kier alpha value is -1.26. The van der Waals surface area contributed by atoms with Gasteiger partial charge in [0, 0.05) is 11.5 Å². The molecule has 108 valence electrons. The van der Waals surface area contributed by atoms with Gasteiger partial charge in [0.15, 0.2) is 12.4 Å². The van der Waals surface area contributed by atoms with Gasteiger partial charge in [0.25, 0.3) is 0 Å². The van der Waals surface area contributed by atoms with Crippen LogP contribution in [0.25, 0.3) is 0 Å². The van der Waals surface area contributed by atoms with E-state index in [2.05, 4.69) is 0 Å². The molecule has 1 aromatic rings. The predicted octanol–water partition coefficient (Wildman–Crippen LogP) is 3.47. The third-order valence-corrected chi connectivity index (χ3v) is 4.28. The number of rotatable bonds is 4. The maximum Gasteiger partial charge on any atom is 0.341 e. The van der Waals surface area contributed by atoms with Gasteiger partial charge in [-0.1, -0.05) is 37.0 Å². The Kier molecular flexibility index (Phi) is 4.25. The number of Topliss-reactive ketones (excluding diaryl/α,β-unsaturated/α-hetero) is 1. The molecule has 1 N–H and O–H groups in total. The Morgan fingerprint density at radius 3 is 2.65 bits per heavy atom. The van der Waals surface area contributed by atoms with Gasteiger partial charge in [-0.2, -0.15) is 0 Å². The van der Waals surface area contributed by atoms with E-state index in [9.17, 15) is 9.59 Å². The zero-order valence-corrected chi connectivity index (χ0v) is 12.6. The number of ether oxygens (including phenoxy) is 1. The fourth-order valence-electron chi connectivity index (χ4n) is 2.38. The van der Waals surface area contributed by atoms with Gasteiger partial charge in [-0.3, -0.25) is 4.79 Å². The molecule has 20 heavy (non-hydrogen) atoms. The van der Waals surface area contributed by atoms with Crippen molar-refractivity contribution in [3.63, 3.8) is 0 Å². The first-order valence-corrected chi connectivity index (χ1v) is 6.98. The summed E-state index contributed by atoms with van der Waals surface area (Å²) in [5.41, 5.74) is 1.21. The molecule has 1 atom stereocenters. The van der Waals surface area contributed by atoms with Gasteiger partial charge in [0.2, 0.25) is 0 Å². The number of hydrogen-bond acceptors (Lipinski definition) is 3. The second-order valence-corrected chi connectivity index (χ2v) is 5.89. The lowest BCUT2D eigenvalue weighted by molar-refractivity contribution is -0.139. The minimum Gasteiger partial charge on any atom is -0.480 e. The average Bonchev–Trinajstić information content (AvgIpc) is 2.69. The van der Waals surface area contributed by atoms with Gasteiger partial charge in [0.05, 0.1) is 5.02 Å². The summed E-state index contributed by atoms with van der Waals surface area (Å²) in [4.78, 5) is 22.9. The third kappa shape index (κ3) is 2.63. The second kappa shape index (κ2) is 5.62. The number of aliphatic carboxylic acids is 1. The topological polar surface area (TPSA) is 63.6 Å². The van der Waals surface area contributed by atoms with Crippen LogP contribution in [-0.2, 0) is 11.2 Å². The van der Waals surface area contributed by atoms with E-state index in [0.717, 1.165) is 5.56 Å². The minimum atomic E-state index is -1.10. The molecular formula is C14H14Cl2O4. The second-order valence-electron chi connectivity index (χ2n) is 5.14. The number of carbonyl (C=O) groups excluding carboxylic acids is 1. The molecule has 1 aromatic carbocycles.